The summed E-state index contributed by atoms with van der Waals surface area (Å²) in [6.45, 7) is 3.58. The molecule has 0 bridgehead atoms. The molecule has 0 unspecified atom stereocenters. The van der Waals surface area contributed by atoms with Crippen molar-refractivity contribution in [1.29, 1.82) is 0 Å². The van der Waals surface area contributed by atoms with Crippen LogP contribution in [0.25, 0.3) is 0 Å². The Kier molecular flexibility index (Phi) is 8.21. The number of carboxylic acid groups (broad SMARTS) is 1. The van der Waals surface area contributed by atoms with E-state index in [1.54, 1.807) is 48.5 Å². The van der Waals surface area contributed by atoms with Gasteiger partial charge in [0.1, 0.15) is 12.3 Å². The molecule has 0 spiro atoms. The fourth-order valence-electron chi connectivity index (χ4n) is 3.17. The van der Waals surface area contributed by atoms with E-state index in [1.165, 1.54) is 30.5 Å². The summed E-state index contributed by atoms with van der Waals surface area (Å²) in [6.07, 6.45) is 1.19. The van der Waals surface area contributed by atoms with Crippen LogP contribution in [0.2, 0.25) is 0 Å². The predicted octanol–water partition coefficient (Wildman–Crippen LogP) is 3.44. The maximum atomic E-state index is 13.4. The molecular weight excluding hydrogens is 470 g/mol. The Morgan fingerprint density at radius 2 is 1.69 bits per heavy atom. The number of anilines is 1. The highest BCUT2D eigenvalue weighted by Crippen LogP contribution is 2.26. The van der Waals surface area contributed by atoms with Gasteiger partial charge in [0.2, 0.25) is 0 Å². The zero-order valence-electron chi connectivity index (χ0n) is 19.2. The Morgan fingerprint density at radius 3 is 2.31 bits per heavy atom. The van der Waals surface area contributed by atoms with E-state index < -0.39 is 28.4 Å². The van der Waals surface area contributed by atoms with E-state index in [-0.39, 0.29) is 21.7 Å². The number of nitrogens with zero attached hydrogens (tertiary/aromatic N) is 2. The molecule has 0 fully saturated rings. The van der Waals surface area contributed by atoms with Crippen LogP contribution in [0.4, 0.5) is 5.69 Å². The first-order valence-corrected chi connectivity index (χ1v) is 12.1. The summed E-state index contributed by atoms with van der Waals surface area (Å²) in [4.78, 5) is 24.0. The summed E-state index contributed by atoms with van der Waals surface area (Å²) in [5, 5.41) is 13.1. The lowest BCUT2D eigenvalue weighted by Crippen LogP contribution is -2.39. The highest BCUT2D eigenvalue weighted by Gasteiger charge is 2.27. The van der Waals surface area contributed by atoms with E-state index in [0.717, 1.165) is 9.87 Å². The van der Waals surface area contributed by atoms with E-state index in [1.807, 2.05) is 13.8 Å². The van der Waals surface area contributed by atoms with Gasteiger partial charge in [-0.1, -0.05) is 35.9 Å². The van der Waals surface area contributed by atoms with Crippen molar-refractivity contribution in [3.05, 3.63) is 89.5 Å². The highest BCUT2D eigenvalue weighted by atomic mass is 32.2. The number of aryl methyl sites for hydroxylation is 1. The number of carbonyl (C=O) groups is 2. The van der Waals surface area contributed by atoms with Crippen LogP contribution in [-0.2, 0) is 14.8 Å². The number of benzene rings is 3. The van der Waals surface area contributed by atoms with Gasteiger partial charge in [0, 0.05) is 5.56 Å². The van der Waals surface area contributed by atoms with Gasteiger partial charge in [0.25, 0.3) is 15.9 Å². The zero-order chi connectivity index (χ0) is 25.4. The highest BCUT2D eigenvalue weighted by molar-refractivity contribution is 7.92. The van der Waals surface area contributed by atoms with Crippen molar-refractivity contribution in [2.75, 3.05) is 17.5 Å². The molecule has 182 valence electrons. The average molecular weight is 496 g/mol. The van der Waals surface area contributed by atoms with Crippen molar-refractivity contribution >= 4 is 33.8 Å². The Morgan fingerprint density at radius 1 is 1.03 bits per heavy atom. The summed E-state index contributed by atoms with van der Waals surface area (Å²) in [6, 6.07) is 18.8. The van der Waals surface area contributed by atoms with E-state index in [0.29, 0.717) is 12.4 Å². The van der Waals surface area contributed by atoms with Gasteiger partial charge in [-0.05, 0) is 56.3 Å². The third kappa shape index (κ3) is 6.45. The summed E-state index contributed by atoms with van der Waals surface area (Å²) in [5.41, 5.74) is 3.74. The Balaban J connectivity index is 1.86. The number of hydrazone groups is 1. The molecule has 1 amide bonds. The van der Waals surface area contributed by atoms with Crippen molar-refractivity contribution in [2.24, 2.45) is 5.10 Å². The third-order valence-corrected chi connectivity index (χ3v) is 6.70. The normalized spacial score (nSPS) is 11.3. The molecule has 0 aliphatic rings. The molecule has 9 nitrogen and oxygen atoms in total. The summed E-state index contributed by atoms with van der Waals surface area (Å²) in [5.74, 6) is -1.28. The van der Waals surface area contributed by atoms with Crippen LogP contribution < -0.4 is 14.5 Å². The number of aromatic carboxylic acids is 1. The molecule has 0 saturated carbocycles. The van der Waals surface area contributed by atoms with Crippen LogP contribution in [0, 0.1) is 6.92 Å². The molecule has 0 radical (unpaired) electrons. The minimum Gasteiger partial charge on any atom is -0.494 e. The third-order valence-electron chi connectivity index (χ3n) is 4.92. The van der Waals surface area contributed by atoms with Crippen LogP contribution >= 0.6 is 0 Å². The first-order valence-electron chi connectivity index (χ1n) is 10.7. The van der Waals surface area contributed by atoms with Crippen molar-refractivity contribution in [3.63, 3.8) is 0 Å². The first kappa shape index (κ1) is 25.4. The number of ether oxygens (including phenoxy) is 1. The van der Waals surface area contributed by atoms with Gasteiger partial charge in [0.15, 0.2) is 0 Å². The molecule has 0 saturated heterocycles. The Hall–Kier alpha value is -4.18. The van der Waals surface area contributed by atoms with Gasteiger partial charge in [-0.2, -0.15) is 5.10 Å². The van der Waals surface area contributed by atoms with E-state index in [2.05, 4.69) is 10.5 Å². The van der Waals surface area contributed by atoms with Crippen LogP contribution in [-0.4, -0.2) is 44.8 Å². The second kappa shape index (κ2) is 11.3. The Bertz CT molecular complexity index is 1320. The molecular formula is C25H25N3O6S. The average Bonchev–Trinajstić information content (AvgIpc) is 2.84. The topological polar surface area (TPSA) is 125 Å². The monoisotopic (exact) mass is 495 g/mol. The molecule has 0 heterocycles. The lowest BCUT2D eigenvalue weighted by atomic mass is 10.1. The van der Waals surface area contributed by atoms with Gasteiger partial charge >= 0.3 is 5.97 Å². The largest absolute Gasteiger partial charge is 0.494 e. The van der Waals surface area contributed by atoms with E-state index in [9.17, 15) is 23.1 Å². The van der Waals surface area contributed by atoms with Gasteiger partial charge in [-0.3, -0.25) is 9.10 Å². The Labute approximate surface area is 203 Å². The van der Waals surface area contributed by atoms with Gasteiger partial charge in [0.05, 0.1) is 29.0 Å². The summed E-state index contributed by atoms with van der Waals surface area (Å²) in [7, 11) is -4.08. The van der Waals surface area contributed by atoms with Gasteiger partial charge in [-0.15, -0.1) is 0 Å². The maximum absolute atomic E-state index is 13.4. The van der Waals surface area contributed by atoms with Crippen LogP contribution in [0.3, 0.4) is 0 Å². The quantitative estimate of drug-likeness (QED) is 0.328. The fourth-order valence-corrected chi connectivity index (χ4v) is 4.59. The minimum absolute atomic E-state index is 0.0171. The zero-order valence-corrected chi connectivity index (χ0v) is 20.0. The van der Waals surface area contributed by atoms with Crippen molar-refractivity contribution in [1.82, 2.24) is 5.43 Å². The molecule has 0 aliphatic heterocycles. The lowest BCUT2D eigenvalue weighted by molar-refractivity contribution is -0.119. The van der Waals surface area contributed by atoms with Crippen LogP contribution in [0.15, 0.2) is 82.8 Å². The summed E-state index contributed by atoms with van der Waals surface area (Å²) < 4.78 is 33.2. The smallest absolute Gasteiger partial charge is 0.336 e. The van der Waals surface area contributed by atoms with Crippen molar-refractivity contribution < 1.29 is 27.9 Å². The number of sulfonamides is 1. The number of amides is 1. The lowest BCUT2D eigenvalue weighted by Gasteiger charge is -2.24. The molecule has 2 N–H and O–H groups in total. The second-order valence-electron chi connectivity index (χ2n) is 7.44. The number of hydrogen-bond donors (Lipinski definition) is 2. The van der Waals surface area contributed by atoms with Gasteiger partial charge < -0.3 is 9.84 Å². The first-order chi connectivity index (χ1) is 16.7. The standard InChI is InChI=1S/C25H25N3O6S/c1-3-34-21-12-10-20(11-13-21)28(35(32,33)22-14-8-18(2)9-15-22)17-24(29)27-26-16-19-6-4-5-7-23(19)25(30)31/h4-16H,3,17H2,1-2H3,(H,27,29)(H,30,31)/b26-16+. The molecule has 3 aromatic carbocycles. The molecule has 3 rings (SSSR count). The van der Waals surface area contributed by atoms with Crippen LogP contribution in [0.1, 0.15) is 28.4 Å². The number of carbonyl (C=O) groups excluding carboxylic acids is 1. The fraction of sp³-hybridized carbons (Fsp3) is 0.160. The number of carboxylic acids is 1. The van der Waals surface area contributed by atoms with Gasteiger partial charge in [-0.25, -0.2) is 18.6 Å². The van der Waals surface area contributed by atoms with E-state index in [4.69, 9.17) is 4.74 Å². The summed E-state index contributed by atoms with van der Waals surface area (Å²) >= 11 is 0. The molecule has 35 heavy (non-hydrogen) atoms. The molecule has 0 aliphatic carbocycles. The minimum atomic E-state index is -4.08. The SMILES string of the molecule is CCOc1ccc(N(CC(=O)N/N=C/c2ccccc2C(=O)O)S(=O)(=O)c2ccc(C)cc2)cc1. The molecule has 3 aromatic rings. The molecule has 0 atom stereocenters. The number of rotatable bonds is 10. The van der Waals surface area contributed by atoms with Crippen molar-refractivity contribution in [3.8, 4) is 5.75 Å². The van der Waals surface area contributed by atoms with Crippen LogP contribution in [0.5, 0.6) is 5.75 Å². The predicted molar refractivity (Wildman–Crippen MR) is 132 cm³/mol. The van der Waals surface area contributed by atoms with Crippen molar-refractivity contribution in [2.45, 2.75) is 18.7 Å². The molecule has 0 aromatic heterocycles. The molecule has 10 heteroatoms. The number of hydrogen-bond acceptors (Lipinski definition) is 6. The maximum Gasteiger partial charge on any atom is 0.336 e. The number of nitrogens with one attached hydrogen (secondary N) is 1. The second-order valence-corrected chi connectivity index (χ2v) is 9.30. The van der Waals surface area contributed by atoms with E-state index >= 15 is 0 Å².